The molecule has 25 heavy (non-hydrogen) atoms. The van der Waals surface area contributed by atoms with Gasteiger partial charge in [0.1, 0.15) is 18.0 Å². The molecule has 4 rings (SSSR count). The number of nitrogens with one attached hydrogen (secondary N) is 2. The maximum absolute atomic E-state index is 14.9. The van der Waals surface area contributed by atoms with Crippen molar-refractivity contribution in [1.82, 2.24) is 4.72 Å². The number of amides is 1. The Morgan fingerprint density at radius 3 is 2.72 bits per heavy atom. The average Bonchev–Trinajstić information content (AvgIpc) is 3.31. The zero-order valence-electron chi connectivity index (χ0n) is 13.1. The molecule has 1 saturated heterocycles. The maximum atomic E-state index is 14.9. The van der Waals surface area contributed by atoms with Crippen molar-refractivity contribution in [2.24, 2.45) is 5.92 Å². The van der Waals surface area contributed by atoms with Gasteiger partial charge in [0.25, 0.3) is 5.91 Å². The summed E-state index contributed by atoms with van der Waals surface area (Å²) >= 11 is 0. The molecule has 3 N–H and O–H groups in total. The number of rotatable bonds is 4. The molecular weight excluding hydrogens is 349 g/mol. The van der Waals surface area contributed by atoms with Gasteiger partial charge in [0.05, 0.1) is 0 Å². The summed E-state index contributed by atoms with van der Waals surface area (Å²) in [6.45, 7) is 0.275. The Hall–Kier alpha value is -2.55. The standard InChI is InChI=1S/C16H16FN3O4S/c17-15-12-4-3-11(18-7-9-1-2-9)5-10(12)6-13(21)16(15)20-8-14(22)19-25(20,23)24/h3-6,9,18,21H,1-2,7-8H2,(H,19,22). The largest absolute Gasteiger partial charge is 0.506 e. The Kier molecular flexibility index (Phi) is 3.50. The third-order valence-electron chi connectivity index (χ3n) is 4.39. The van der Waals surface area contributed by atoms with E-state index in [1.807, 2.05) is 0 Å². The summed E-state index contributed by atoms with van der Waals surface area (Å²) < 4.78 is 41.0. The van der Waals surface area contributed by atoms with Crippen LogP contribution in [0.1, 0.15) is 12.8 Å². The molecule has 0 unspecified atom stereocenters. The van der Waals surface area contributed by atoms with E-state index in [-0.39, 0.29) is 5.39 Å². The van der Waals surface area contributed by atoms with Crippen molar-refractivity contribution in [2.75, 3.05) is 22.7 Å². The highest BCUT2D eigenvalue weighted by molar-refractivity contribution is 7.92. The molecular formula is C16H16FN3O4S. The lowest BCUT2D eigenvalue weighted by Gasteiger charge is -2.18. The number of phenolic OH excluding ortho intramolecular Hbond substituents is 1. The van der Waals surface area contributed by atoms with Gasteiger partial charge < -0.3 is 10.4 Å². The molecule has 2 fully saturated rings. The van der Waals surface area contributed by atoms with Crippen LogP contribution in [0.4, 0.5) is 15.8 Å². The van der Waals surface area contributed by atoms with Gasteiger partial charge in [-0.05, 0) is 48.4 Å². The van der Waals surface area contributed by atoms with Crippen LogP contribution in [0.2, 0.25) is 0 Å². The van der Waals surface area contributed by atoms with Crippen molar-refractivity contribution in [3.8, 4) is 5.75 Å². The first-order chi connectivity index (χ1) is 11.8. The van der Waals surface area contributed by atoms with E-state index >= 15 is 0 Å². The van der Waals surface area contributed by atoms with Crippen molar-refractivity contribution < 1.29 is 22.7 Å². The van der Waals surface area contributed by atoms with Crippen molar-refractivity contribution >= 4 is 38.3 Å². The Morgan fingerprint density at radius 1 is 1.32 bits per heavy atom. The van der Waals surface area contributed by atoms with Crippen molar-refractivity contribution in [1.29, 1.82) is 0 Å². The number of carbonyl (C=O) groups is 1. The minimum Gasteiger partial charge on any atom is -0.506 e. The lowest BCUT2D eigenvalue weighted by atomic mass is 10.1. The second-order valence-corrected chi connectivity index (χ2v) is 7.95. The van der Waals surface area contributed by atoms with Gasteiger partial charge in [-0.15, -0.1) is 0 Å². The molecule has 0 atom stereocenters. The molecule has 132 valence electrons. The van der Waals surface area contributed by atoms with Gasteiger partial charge in [0, 0.05) is 17.6 Å². The Labute approximate surface area is 143 Å². The van der Waals surface area contributed by atoms with E-state index < -0.39 is 39.9 Å². The average molecular weight is 365 g/mol. The molecule has 1 amide bonds. The molecule has 1 aliphatic heterocycles. The van der Waals surface area contributed by atoms with E-state index in [9.17, 15) is 22.7 Å². The minimum atomic E-state index is -4.20. The fourth-order valence-electron chi connectivity index (χ4n) is 2.91. The SMILES string of the molecule is O=C1CN(c2c(O)cc3cc(NCC4CC4)ccc3c2F)S(=O)(=O)N1. The summed E-state index contributed by atoms with van der Waals surface area (Å²) in [5.74, 6) is -1.53. The Balaban J connectivity index is 1.76. The van der Waals surface area contributed by atoms with E-state index in [0.29, 0.717) is 15.6 Å². The number of anilines is 2. The van der Waals surface area contributed by atoms with Gasteiger partial charge in [-0.3, -0.25) is 4.79 Å². The van der Waals surface area contributed by atoms with Crippen LogP contribution in [0.3, 0.4) is 0 Å². The molecule has 2 aromatic carbocycles. The van der Waals surface area contributed by atoms with E-state index in [4.69, 9.17) is 0 Å². The smallest absolute Gasteiger partial charge is 0.326 e. The number of hydrogen-bond acceptors (Lipinski definition) is 5. The maximum Gasteiger partial charge on any atom is 0.326 e. The zero-order valence-corrected chi connectivity index (χ0v) is 13.9. The number of carbonyl (C=O) groups excluding carboxylic acids is 1. The fraction of sp³-hybridized carbons (Fsp3) is 0.312. The van der Waals surface area contributed by atoms with Gasteiger partial charge >= 0.3 is 10.2 Å². The summed E-state index contributed by atoms with van der Waals surface area (Å²) in [6, 6.07) is 6.23. The third-order valence-corrected chi connectivity index (χ3v) is 5.77. The molecule has 1 saturated carbocycles. The van der Waals surface area contributed by atoms with Gasteiger partial charge in [-0.2, -0.15) is 8.42 Å². The lowest BCUT2D eigenvalue weighted by Crippen LogP contribution is -2.30. The molecule has 0 spiro atoms. The highest BCUT2D eigenvalue weighted by Crippen LogP contribution is 2.39. The molecule has 1 heterocycles. The molecule has 0 bridgehead atoms. The van der Waals surface area contributed by atoms with E-state index in [2.05, 4.69) is 5.32 Å². The number of phenols is 1. The monoisotopic (exact) mass is 365 g/mol. The van der Waals surface area contributed by atoms with E-state index in [0.717, 1.165) is 12.2 Å². The second-order valence-electron chi connectivity index (χ2n) is 6.36. The Bertz CT molecular complexity index is 989. The van der Waals surface area contributed by atoms with Crippen molar-refractivity contribution in [3.63, 3.8) is 0 Å². The van der Waals surface area contributed by atoms with Gasteiger partial charge in [0.2, 0.25) is 0 Å². The lowest BCUT2D eigenvalue weighted by molar-refractivity contribution is -0.117. The number of halogens is 1. The highest BCUT2D eigenvalue weighted by Gasteiger charge is 2.37. The van der Waals surface area contributed by atoms with Crippen LogP contribution in [0, 0.1) is 11.7 Å². The van der Waals surface area contributed by atoms with Crippen LogP contribution in [0.15, 0.2) is 24.3 Å². The predicted molar refractivity (Wildman–Crippen MR) is 91.2 cm³/mol. The Morgan fingerprint density at radius 2 is 2.08 bits per heavy atom. The number of fused-ring (bicyclic) bond motifs is 1. The number of aromatic hydroxyl groups is 1. The van der Waals surface area contributed by atoms with Gasteiger partial charge in [0.15, 0.2) is 5.82 Å². The molecule has 0 aromatic heterocycles. The number of benzene rings is 2. The minimum absolute atomic E-state index is 0.166. The topological polar surface area (TPSA) is 98.7 Å². The van der Waals surface area contributed by atoms with Crippen LogP contribution >= 0.6 is 0 Å². The first-order valence-electron chi connectivity index (χ1n) is 7.87. The molecule has 2 aromatic rings. The summed E-state index contributed by atoms with van der Waals surface area (Å²) in [5, 5.41) is 14.0. The zero-order chi connectivity index (χ0) is 17.8. The quantitative estimate of drug-likeness (QED) is 0.766. The number of nitrogens with zero attached hydrogens (tertiary/aromatic N) is 1. The summed E-state index contributed by atoms with van der Waals surface area (Å²) in [6.07, 6.45) is 2.41. The first-order valence-corrected chi connectivity index (χ1v) is 9.31. The van der Waals surface area contributed by atoms with Crippen LogP contribution < -0.4 is 14.3 Å². The van der Waals surface area contributed by atoms with Crippen LogP contribution in [-0.2, 0) is 15.0 Å². The van der Waals surface area contributed by atoms with Crippen LogP contribution in [0.25, 0.3) is 10.8 Å². The second kappa shape index (κ2) is 5.48. The van der Waals surface area contributed by atoms with Crippen LogP contribution in [-0.4, -0.2) is 32.5 Å². The molecule has 0 radical (unpaired) electrons. The van der Waals surface area contributed by atoms with Crippen molar-refractivity contribution in [2.45, 2.75) is 12.8 Å². The van der Waals surface area contributed by atoms with Gasteiger partial charge in [-0.25, -0.2) is 13.4 Å². The first kappa shape index (κ1) is 15.9. The van der Waals surface area contributed by atoms with Gasteiger partial charge in [-0.1, -0.05) is 0 Å². The molecule has 1 aliphatic carbocycles. The third kappa shape index (κ3) is 2.84. The molecule has 2 aliphatic rings. The van der Waals surface area contributed by atoms with E-state index in [1.165, 1.54) is 25.0 Å². The predicted octanol–water partition coefficient (Wildman–Crippen LogP) is 1.69. The van der Waals surface area contributed by atoms with Crippen LogP contribution in [0.5, 0.6) is 5.75 Å². The fourth-order valence-corrected chi connectivity index (χ4v) is 4.08. The molecule has 9 heteroatoms. The normalized spacial score (nSPS) is 19.2. The summed E-state index contributed by atoms with van der Waals surface area (Å²) in [5.41, 5.74) is 0.279. The summed E-state index contributed by atoms with van der Waals surface area (Å²) in [4.78, 5) is 11.4. The summed E-state index contributed by atoms with van der Waals surface area (Å²) in [7, 11) is -4.20. The van der Waals surface area contributed by atoms with Crippen molar-refractivity contribution in [3.05, 3.63) is 30.1 Å². The van der Waals surface area contributed by atoms with E-state index in [1.54, 1.807) is 16.9 Å². The number of hydrogen-bond donors (Lipinski definition) is 3. The molecule has 7 nitrogen and oxygen atoms in total. The highest BCUT2D eigenvalue weighted by atomic mass is 32.2.